The Labute approximate surface area is 141 Å². The summed E-state index contributed by atoms with van der Waals surface area (Å²) in [5, 5.41) is 4.50. The largest absolute Gasteiger partial charge is 0.444 e. The molecular formula is C15H24N2O4S2. The van der Waals surface area contributed by atoms with Gasteiger partial charge in [-0.15, -0.1) is 11.3 Å². The van der Waals surface area contributed by atoms with Crippen molar-refractivity contribution in [3.05, 3.63) is 17.5 Å². The van der Waals surface area contributed by atoms with E-state index < -0.39 is 21.7 Å². The highest BCUT2D eigenvalue weighted by atomic mass is 32.2. The molecule has 1 aliphatic heterocycles. The standard InChI is InChI=1S/C15H24N2O4S2/c1-15(2,3)21-14(18)16-10-12-6-4-8-17(11-12)23(19,20)13-7-5-9-22-13/h5,7,9,12H,4,6,8,10-11H2,1-3H3,(H,16,18)/t12-/m0/s1. The Morgan fingerprint density at radius 2 is 2.22 bits per heavy atom. The van der Waals surface area contributed by atoms with Crippen LogP contribution in [0.1, 0.15) is 33.6 Å². The van der Waals surface area contributed by atoms with E-state index >= 15 is 0 Å². The predicted molar refractivity (Wildman–Crippen MR) is 90.0 cm³/mol. The number of rotatable bonds is 4. The minimum atomic E-state index is -3.41. The van der Waals surface area contributed by atoms with Gasteiger partial charge in [0, 0.05) is 19.6 Å². The van der Waals surface area contributed by atoms with E-state index in [2.05, 4.69) is 5.32 Å². The molecule has 2 rings (SSSR count). The predicted octanol–water partition coefficient (Wildman–Crippen LogP) is 2.67. The maximum atomic E-state index is 12.5. The smallest absolute Gasteiger partial charge is 0.407 e. The molecule has 130 valence electrons. The number of carbonyl (C=O) groups excluding carboxylic acids is 1. The minimum absolute atomic E-state index is 0.103. The summed E-state index contributed by atoms with van der Waals surface area (Å²) < 4.78 is 32.2. The van der Waals surface area contributed by atoms with Crippen LogP contribution in [0.25, 0.3) is 0 Å². The first-order chi connectivity index (χ1) is 10.7. The molecule has 0 aromatic carbocycles. The van der Waals surface area contributed by atoms with Gasteiger partial charge in [-0.2, -0.15) is 4.31 Å². The fraction of sp³-hybridized carbons (Fsp3) is 0.667. The quantitative estimate of drug-likeness (QED) is 0.896. The molecule has 6 nitrogen and oxygen atoms in total. The molecule has 23 heavy (non-hydrogen) atoms. The molecule has 1 saturated heterocycles. The van der Waals surface area contributed by atoms with Gasteiger partial charge in [0.05, 0.1) is 0 Å². The van der Waals surface area contributed by atoms with Crippen LogP contribution in [-0.4, -0.2) is 44.1 Å². The zero-order chi connectivity index (χ0) is 17.1. The molecule has 0 saturated carbocycles. The third-order valence-corrected chi connectivity index (χ3v) is 6.74. The number of hydrogen-bond donors (Lipinski definition) is 1. The lowest BCUT2D eigenvalue weighted by Crippen LogP contribution is -2.44. The van der Waals surface area contributed by atoms with Crippen LogP contribution in [0.15, 0.2) is 21.7 Å². The van der Waals surface area contributed by atoms with E-state index in [0.717, 1.165) is 12.8 Å². The van der Waals surface area contributed by atoms with Gasteiger partial charge in [0.25, 0.3) is 10.0 Å². The third kappa shape index (κ3) is 5.19. The van der Waals surface area contributed by atoms with Gasteiger partial charge in [-0.1, -0.05) is 6.07 Å². The number of alkyl carbamates (subject to hydrolysis) is 1. The van der Waals surface area contributed by atoms with Crippen LogP contribution in [0.2, 0.25) is 0 Å². The van der Waals surface area contributed by atoms with Crippen molar-refractivity contribution in [1.82, 2.24) is 9.62 Å². The average Bonchev–Trinajstić information content (AvgIpc) is 2.98. The molecule has 0 unspecified atom stereocenters. The fourth-order valence-electron chi connectivity index (χ4n) is 2.49. The highest BCUT2D eigenvalue weighted by Crippen LogP contribution is 2.26. The van der Waals surface area contributed by atoms with Crippen LogP contribution in [-0.2, 0) is 14.8 Å². The second-order valence-corrected chi connectivity index (χ2v) is 9.80. The third-order valence-electron chi connectivity index (χ3n) is 3.50. The first-order valence-electron chi connectivity index (χ1n) is 7.69. The van der Waals surface area contributed by atoms with Crippen LogP contribution in [0.5, 0.6) is 0 Å². The van der Waals surface area contributed by atoms with Gasteiger partial charge in [0.2, 0.25) is 0 Å². The van der Waals surface area contributed by atoms with Crippen molar-refractivity contribution >= 4 is 27.5 Å². The Kier molecular flexibility index (Phi) is 5.70. The molecule has 0 aliphatic carbocycles. The molecule has 1 N–H and O–H groups in total. The molecular weight excluding hydrogens is 336 g/mol. The van der Waals surface area contributed by atoms with Gasteiger partial charge in [-0.05, 0) is 51.0 Å². The molecule has 2 heterocycles. The van der Waals surface area contributed by atoms with Gasteiger partial charge in [-0.3, -0.25) is 0 Å². The van der Waals surface area contributed by atoms with Gasteiger partial charge in [0.15, 0.2) is 0 Å². The Morgan fingerprint density at radius 1 is 1.48 bits per heavy atom. The van der Waals surface area contributed by atoms with Gasteiger partial charge in [0.1, 0.15) is 9.81 Å². The van der Waals surface area contributed by atoms with Crippen LogP contribution < -0.4 is 5.32 Å². The zero-order valence-corrected chi connectivity index (χ0v) is 15.4. The summed E-state index contributed by atoms with van der Waals surface area (Å²) in [6.07, 6.45) is 1.23. The minimum Gasteiger partial charge on any atom is -0.444 e. The van der Waals surface area contributed by atoms with Crippen LogP contribution in [0.3, 0.4) is 0 Å². The maximum absolute atomic E-state index is 12.5. The van der Waals surface area contributed by atoms with E-state index in [1.807, 2.05) is 20.8 Å². The number of hydrogen-bond acceptors (Lipinski definition) is 5. The van der Waals surface area contributed by atoms with Crippen molar-refractivity contribution in [3.63, 3.8) is 0 Å². The number of ether oxygens (including phenoxy) is 1. The zero-order valence-electron chi connectivity index (χ0n) is 13.7. The van der Waals surface area contributed by atoms with Crippen molar-refractivity contribution in [2.75, 3.05) is 19.6 Å². The number of nitrogens with zero attached hydrogens (tertiary/aromatic N) is 1. The molecule has 1 fully saturated rings. The lowest BCUT2D eigenvalue weighted by molar-refractivity contribution is 0.0513. The van der Waals surface area contributed by atoms with E-state index in [9.17, 15) is 13.2 Å². The summed E-state index contributed by atoms with van der Waals surface area (Å²) >= 11 is 1.23. The van der Waals surface area contributed by atoms with Gasteiger partial charge >= 0.3 is 6.09 Å². The second kappa shape index (κ2) is 7.19. The monoisotopic (exact) mass is 360 g/mol. The molecule has 1 amide bonds. The van der Waals surface area contributed by atoms with Crippen LogP contribution in [0.4, 0.5) is 4.79 Å². The number of thiophene rings is 1. The Morgan fingerprint density at radius 3 is 2.83 bits per heavy atom. The van der Waals surface area contributed by atoms with Crippen molar-refractivity contribution in [1.29, 1.82) is 0 Å². The summed E-state index contributed by atoms with van der Waals surface area (Å²) in [4.78, 5) is 11.7. The Hall–Kier alpha value is -1.12. The molecule has 1 aromatic rings. The number of nitrogens with one attached hydrogen (secondary N) is 1. The molecule has 1 atom stereocenters. The lowest BCUT2D eigenvalue weighted by atomic mass is 10.00. The number of amides is 1. The molecule has 0 spiro atoms. The number of sulfonamides is 1. The van der Waals surface area contributed by atoms with Crippen LogP contribution in [0, 0.1) is 5.92 Å². The average molecular weight is 361 g/mol. The lowest BCUT2D eigenvalue weighted by Gasteiger charge is -2.31. The molecule has 0 radical (unpaired) electrons. The van der Waals surface area contributed by atoms with Crippen molar-refractivity contribution in [2.24, 2.45) is 5.92 Å². The molecule has 1 aromatic heterocycles. The van der Waals surface area contributed by atoms with E-state index in [4.69, 9.17) is 4.74 Å². The van der Waals surface area contributed by atoms with E-state index in [-0.39, 0.29) is 5.92 Å². The van der Waals surface area contributed by atoms with Crippen LogP contribution >= 0.6 is 11.3 Å². The molecule has 0 bridgehead atoms. The number of piperidine rings is 1. The molecule has 8 heteroatoms. The summed E-state index contributed by atoms with van der Waals surface area (Å²) in [7, 11) is -3.41. The Bertz CT molecular complexity index is 620. The van der Waals surface area contributed by atoms with Gasteiger partial charge < -0.3 is 10.1 Å². The first-order valence-corrected chi connectivity index (χ1v) is 10.0. The first kappa shape index (κ1) is 18.2. The van der Waals surface area contributed by atoms with E-state index in [1.165, 1.54) is 15.6 Å². The summed E-state index contributed by atoms with van der Waals surface area (Å²) in [6, 6.07) is 3.37. The van der Waals surface area contributed by atoms with Crippen molar-refractivity contribution in [3.8, 4) is 0 Å². The van der Waals surface area contributed by atoms with Crippen molar-refractivity contribution in [2.45, 2.75) is 43.4 Å². The Balaban J connectivity index is 1.90. The topological polar surface area (TPSA) is 75.7 Å². The second-order valence-electron chi connectivity index (χ2n) is 6.69. The SMILES string of the molecule is CC(C)(C)OC(=O)NC[C@@H]1CCCN(S(=O)(=O)c2cccs2)C1. The summed E-state index contributed by atoms with van der Waals surface area (Å²) in [5.41, 5.74) is -0.537. The maximum Gasteiger partial charge on any atom is 0.407 e. The fourth-order valence-corrected chi connectivity index (χ4v) is 5.19. The van der Waals surface area contributed by atoms with Gasteiger partial charge in [-0.25, -0.2) is 13.2 Å². The summed E-state index contributed by atoms with van der Waals surface area (Å²) in [5.74, 6) is 0.103. The molecule has 1 aliphatic rings. The summed E-state index contributed by atoms with van der Waals surface area (Å²) in [6.45, 7) is 6.80. The van der Waals surface area contributed by atoms with Crippen molar-refractivity contribution < 1.29 is 17.9 Å². The van der Waals surface area contributed by atoms with E-state index in [1.54, 1.807) is 17.5 Å². The normalized spacial score (nSPS) is 20.2. The van der Waals surface area contributed by atoms with E-state index in [0.29, 0.717) is 23.8 Å². The highest BCUT2D eigenvalue weighted by molar-refractivity contribution is 7.91. The highest BCUT2D eigenvalue weighted by Gasteiger charge is 2.31. The number of carbonyl (C=O) groups is 1.